The number of rotatable bonds is 0. The third-order valence-corrected chi connectivity index (χ3v) is 7.74. The molecule has 0 spiro atoms. The minimum absolute atomic E-state index is 0.215. The Morgan fingerprint density at radius 1 is 0.706 bits per heavy atom. The summed E-state index contributed by atoms with van der Waals surface area (Å²) >= 11 is 0. The Morgan fingerprint density at radius 2 is 1.50 bits per heavy atom. The van der Waals surface area contributed by atoms with Crippen molar-refractivity contribution in [2.24, 2.45) is 0 Å². The van der Waals surface area contributed by atoms with Crippen molar-refractivity contribution in [3.8, 4) is 0 Å². The molecule has 1 aliphatic carbocycles. The van der Waals surface area contributed by atoms with E-state index in [-0.39, 0.29) is 12.1 Å². The van der Waals surface area contributed by atoms with Gasteiger partial charge in [0.25, 0.3) is 0 Å². The fourth-order valence-corrected chi connectivity index (χ4v) is 6.31. The molecule has 0 amide bonds. The number of anilines is 2. The summed E-state index contributed by atoms with van der Waals surface area (Å²) in [6, 6.07) is 24.3. The van der Waals surface area contributed by atoms with Gasteiger partial charge in [-0.05, 0) is 35.0 Å². The Hall–Kier alpha value is -4.44. The molecule has 4 aromatic carbocycles. The Kier molecular flexibility index (Phi) is 2.88. The highest BCUT2D eigenvalue weighted by atomic mass is 16.3. The van der Waals surface area contributed by atoms with Gasteiger partial charge in [-0.2, -0.15) is 0 Å². The fourth-order valence-electron chi connectivity index (χ4n) is 6.31. The van der Waals surface area contributed by atoms with Gasteiger partial charge in [0.15, 0.2) is 0 Å². The maximum Gasteiger partial charge on any atom is 0.145 e. The van der Waals surface area contributed by atoms with Gasteiger partial charge in [-0.25, -0.2) is 0 Å². The lowest BCUT2D eigenvalue weighted by atomic mass is 9.97. The van der Waals surface area contributed by atoms with Gasteiger partial charge < -0.3 is 15.1 Å². The van der Waals surface area contributed by atoms with E-state index in [0.717, 1.165) is 22.4 Å². The average molecular weight is 438 g/mol. The zero-order chi connectivity index (χ0) is 22.0. The third kappa shape index (κ3) is 1.88. The van der Waals surface area contributed by atoms with Crippen LogP contribution in [0.25, 0.3) is 59.9 Å². The number of aromatic nitrogens is 1. The SMILES string of the molecule is C1=CC2Nc3c(n4c5ccc6c7ccccc7oc6c5c5cc6ccccc6c3c54)NC2C=C1. The number of hydrogen-bond donors (Lipinski definition) is 2. The molecule has 0 saturated carbocycles. The molecular formula is C30H19N3O. The molecule has 2 atom stereocenters. The largest absolute Gasteiger partial charge is 0.455 e. The molecule has 160 valence electrons. The van der Waals surface area contributed by atoms with Crippen LogP contribution in [0, 0.1) is 0 Å². The van der Waals surface area contributed by atoms with E-state index in [1.165, 1.54) is 49.0 Å². The molecule has 0 radical (unpaired) electrons. The minimum Gasteiger partial charge on any atom is -0.455 e. The van der Waals surface area contributed by atoms with Gasteiger partial charge in [-0.3, -0.25) is 4.40 Å². The van der Waals surface area contributed by atoms with Crippen molar-refractivity contribution in [1.29, 1.82) is 0 Å². The lowest BCUT2D eigenvalue weighted by molar-refractivity contribution is 0.673. The number of nitrogens with zero attached hydrogens (tertiary/aromatic N) is 1. The van der Waals surface area contributed by atoms with E-state index < -0.39 is 0 Å². The zero-order valence-corrected chi connectivity index (χ0v) is 18.2. The molecule has 0 saturated heterocycles. The molecule has 2 N–H and O–H groups in total. The normalized spacial score (nSPS) is 19.4. The lowest BCUT2D eigenvalue weighted by Crippen LogP contribution is -2.41. The van der Waals surface area contributed by atoms with Crippen LogP contribution in [0.15, 0.2) is 95.5 Å². The smallest absolute Gasteiger partial charge is 0.145 e. The number of hydrogen-bond acceptors (Lipinski definition) is 3. The highest BCUT2D eigenvalue weighted by Gasteiger charge is 2.33. The van der Waals surface area contributed by atoms with Crippen molar-refractivity contribution in [2.45, 2.75) is 12.1 Å². The van der Waals surface area contributed by atoms with Crippen LogP contribution in [0.3, 0.4) is 0 Å². The lowest BCUT2D eigenvalue weighted by Gasteiger charge is -2.33. The predicted octanol–water partition coefficient (Wildman–Crippen LogP) is 7.44. The summed E-state index contributed by atoms with van der Waals surface area (Å²) in [6.07, 6.45) is 8.74. The molecule has 1 aliphatic heterocycles. The summed E-state index contributed by atoms with van der Waals surface area (Å²) in [5.74, 6) is 1.13. The topological polar surface area (TPSA) is 41.6 Å². The molecule has 4 heterocycles. The monoisotopic (exact) mass is 437 g/mol. The van der Waals surface area contributed by atoms with Gasteiger partial charge in [-0.15, -0.1) is 0 Å². The Balaban J connectivity index is 1.54. The van der Waals surface area contributed by atoms with Crippen molar-refractivity contribution in [3.05, 3.63) is 91.0 Å². The summed E-state index contributed by atoms with van der Waals surface area (Å²) in [4.78, 5) is 0. The zero-order valence-electron chi connectivity index (χ0n) is 18.2. The second kappa shape index (κ2) is 5.72. The van der Waals surface area contributed by atoms with Crippen molar-refractivity contribution >= 4 is 71.4 Å². The third-order valence-electron chi connectivity index (χ3n) is 7.74. The number of nitrogens with one attached hydrogen (secondary N) is 2. The first kappa shape index (κ1) is 17.1. The number of allylic oxidation sites excluding steroid dienone is 2. The first-order valence-electron chi connectivity index (χ1n) is 11.8. The van der Waals surface area contributed by atoms with E-state index in [4.69, 9.17) is 4.42 Å². The molecule has 4 heteroatoms. The molecular weight excluding hydrogens is 418 g/mol. The molecule has 7 aromatic rings. The minimum atomic E-state index is 0.215. The van der Waals surface area contributed by atoms with Gasteiger partial charge in [0.05, 0.1) is 34.2 Å². The van der Waals surface area contributed by atoms with E-state index in [2.05, 4.69) is 100 Å². The first-order valence-corrected chi connectivity index (χ1v) is 11.8. The number of furan rings is 1. The van der Waals surface area contributed by atoms with E-state index >= 15 is 0 Å². The van der Waals surface area contributed by atoms with Gasteiger partial charge in [0.1, 0.15) is 17.0 Å². The van der Waals surface area contributed by atoms with Crippen molar-refractivity contribution < 1.29 is 4.42 Å². The van der Waals surface area contributed by atoms with Crippen LogP contribution in [0.1, 0.15) is 0 Å². The standard InChI is InChI=1S/C30H19N3O/c1-2-8-17-16(7-1)15-20-25-23(14-13-19-18-9-3-6-12-24(18)34-29(19)25)33-28(20)26(17)27-30(33)32-22-11-5-4-10-21(22)31-27/h1-15,21-22,31-32H. The molecule has 4 nitrogen and oxygen atoms in total. The van der Waals surface area contributed by atoms with Crippen molar-refractivity contribution in [2.75, 3.05) is 10.6 Å². The Morgan fingerprint density at radius 3 is 2.41 bits per heavy atom. The second-order valence-electron chi connectivity index (χ2n) is 9.47. The van der Waals surface area contributed by atoms with Crippen LogP contribution in [-0.4, -0.2) is 16.5 Å². The van der Waals surface area contributed by atoms with E-state index in [0.29, 0.717) is 0 Å². The van der Waals surface area contributed by atoms with Crippen LogP contribution in [-0.2, 0) is 0 Å². The predicted molar refractivity (Wildman–Crippen MR) is 141 cm³/mol. The van der Waals surface area contributed by atoms with Crippen molar-refractivity contribution in [3.63, 3.8) is 0 Å². The summed E-state index contributed by atoms with van der Waals surface area (Å²) in [5, 5.41) is 16.3. The molecule has 2 aliphatic rings. The summed E-state index contributed by atoms with van der Waals surface area (Å²) < 4.78 is 8.91. The highest BCUT2D eigenvalue weighted by Crippen LogP contribution is 2.50. The fraction of sp³-hybridized carbons (Fsp3) is 0.0667. The summed E-state index contributed by atoms with van der Waals surface area (Å²) in [7, 11) is 0. The van der Waals surface area contributed by atoms with Crippen LogP contribution in [0.4, 0.5) is 11.5 Å². The first-order chi connectivity index (χ1) is 16.9. The van der Waals surface area contributed by atoms with Gasteiger partial charge in [-0.1, -0.05) is 66.8 Å². The van der Waals surface area contributed by atoms with Gasteiger partial charge in [0.2, 0.25) is 0 Å². The average Bonchev–Trinajstić information content (AvgIpc) is 3.52. The van der Waals surface area contributed by atoms with Crippen LogP contribution in [0.2, 0.25) is 0 Å². The molecule has 0 bridgehead atoms. The van der Waals surface area contributed by atoms with Gasteiger partial charge >= 0.3 is 0 Å². The second-order valence-corrected chi connectivity index (χ2v) is 9.47. The Bertz CT molecular complexity index is 2040. The highest BCUT2D eigenvalue weighted by molar-refractivity contribution is 6.33. The number of benzene rings is 4. The molecule has 0 fully saturated rings. The van der Waals surface area contributed by atoms with Crippen LogP contribution in [0.5, 0.6) is 0 Å². The maximum atomic E-state index is 6.50. The van der Waals surface area contributed by atoms with E-state index in [1.54, 1.807) is 0 Å². The maximum absolute atomic E-state index is 6.50. The molecule has 2 unspecified atom stereocenters. The van der Waals surface area contributed by atoms with Gasteiger partial charge in [0, 0.05) is 21.5 Å². The quantitative estimate of drug-likeness (QED) is 0.259. The number of fused-ring (bicyclic) bond motifs is 13. The summed E-state index contributed by atoms with van der Waals surface area (Å²) in [6.45, 7) is 0. The molecule has 34 heavy (non-hydrogen) atoms. The Labute approximate surface area is 194 Å². The molecule has 9 rings (SSSR count). The van der Waals surface area contributed by atoms with Crippen LogP contribution >= 0.6 is 0 Å². The van der Waals surface area contributed by atoms with E-state index in [1.807, 2.05) is 6.07 Å². The van der Waals surface area contributed by atoms with Crippen LogP contribution < -0.4 is 10.6 Å². The van der Waals surface area contributed by atoms with Crippen molar-refractivity contribution in [1.82, 2.24) is 4.40 Å². The van der Waals surface area contributed by atoms with E-state index in [9.17, 15) is 0 Å². The number of para-hydroxylation sites is 1. The summed E-state index contributed by atoms with van der Waals surface area (Å²) in [5.41, 5.74) is 5.51. The molecule has 3 aromatic heterocycles.